The minimum atomic E-state index is -0.366. The van der Waals surface area contributed by atoms with Gasteiger partial charge in [0.25, 0.3) is 5.91 Å². The van der Waals surface area contributed by atoms with Crippen LogP contribution >= 0.6 is 15.9 Å². The number of rotatable bonds is 6. The Morgan fingerprint density at radius 2 is 1.68 bits per heavy atom. The van der Waals surface area contributed by atoms with Crippen molar-refractivity contribution in [1.82, 2.24) is 14.8 Å². The molecule has 0 radical (unpaired) electrons. The molecule has 1 amide bonds. The van der Waals surface area contributed by atoms with Crippen LogP contribution < -0.4 is 10.1 Å². The molecular formula is C24H21BrN4O2. The molecule has 0 saturated heterocycles. The Kier molecular flexibility index (Phi) is 6.13. The van der Waals surface area contributed by atoms with E-state index in [9.17, 15) is 4.79 Å². The topological polar surface area (TPSA) is 69.0 Å². The molecule has 4 rings (SSSR count). The third-order valence-electron chi connectivity index (χ3n) is 4.85. The third-order valence-corrected chi connectivity index (χ3v) is 5.38. The standard InChI is InChI=1S/C24H21BrN4O2/c1-3-16-4-10-19(11-5-16)26-24(30)22-27-23(17-6-8-18(25)9-7-17)29(28-22)20-12-14-21(31-2)15-13-20/h4-15H,3H2,1-2H3,(H,26,30). The molecule has 0 aliphatic rings. The monoisotopic (exact) mass is 476 g/mol. The van der Waals surface area contributed by atoms with Crippen molar-refractivity contribution in [2.24, 2.45) is 0 Å². The van der Waals surface area contributed by atoms with Gasteiger partial charge in [0.2, 0.25) is 5.82 Å². The van der Waals surface area contributed by atoms with Crippen LogP contribution in [0.3, 0.4) is 0 Å². The maximum absolute atomic E-state index is 12.9. The lowest BCUT2D eigenvalue weighted by atomic mass is 10.1. The molecule has 3 aromatic carbocycles. The normalized spacial score (nSPS) is 10.7. The smallest absolute Gasteiger partial charge is 0.295 e. The van der Waals surface area contributed by atoms with Crippen LogP contribution in [0.2, 0.25) is 0 Å². The summed E-state index contributed by atoms with van der Waals surface area (Å²) >= 11 is 3.45. The zero-order valence-corrected chi connectivity index (χ0v) is 18.8. The maximum Gasteiger partial charge on any atom is 0.295 e. The predicted molar refractivity (Wildman–Crippen MR) is 125 cm³/mol. The molecule has 0 atom stereocenters. The van der Waals surface area contributed by atoms with Crippen LogP contribution in [0.5, 0.6) is 5.75 Å². The van der Waals surface area contributed by atoms with Gasteiger partial charge >= 0.3 is 0 Å². The van der Waals surface area contributed by atoms with Gasteiger partial charge in [-0.1, -0.05) is 47.1 Å². The molecule has 0 fully saturated rings. The highest BCUT2D eigenvalue weighted by Gasteiger charge is 2.19. The second-order valence-corrected chi connectivity index (χ2v) is 7.80. The molecular weight excluding hydrogens is 456 g/mol. The number of methoxy groups -OCH3 is 1. The molecule has 0 unspecified atom stereocenters. The number of ether oxygens (including phenoxy) is 1. The van der Waals surface area contributed by atoms with E-state index in [0.717, 1.165) is 27.9 Å². The fourth-order valence-electron chi connectivity index (χ4n) is 3.11. The van der Waals surface area contributed by atoms with Gasteiger partial charge in [0.1, 0.15) is 5.75 Å². The van der Waals surface area contributed by atoms with E-state index in [-0.39, 0.29) is 11.7 Å². The van der Waals surface area contributed by atoms with Crippen LogP contribution in [-0.4, -0.2) is 27.8 Å². The van der Waals surface area contributed by atoms with Crippen molar-refractivity contribution in [3.05, 3.63) is 88.7 Å². The van der Waals surface area contributed by atoms with Crippen molar-refractivity contribution in [3.63, 3.8) is 0 Å². The van der Waals surface area contributed by atoms with Gasteiger partial charge in [-0.05, 0) is 60.5 Å². The van der Waals surface area contributed by atoms with Gasteiger partial charge in [-0.2, -0.15) is 0 Å². The molecule has 0 spiro atoms. The van der Waals surface area contributed by atoms with Gasteiger partial charge in [-0.25, -0.2) is 9.67 Å². The SMILES string of the molecule is CCc1ccc(NC(=O)c2nc(-c3ccc(Br)cc3)n(-c3ccc(OC)cc3)n2)cc1. The first kappa shape index (κ1) is 20.8. The summed E-state index contributed by atoms with van der Waals surface area (Å²) in [4.78, 5) is 17.4. The van der Waals surface area contributed by atoms with Crippen LogP contribution in [0.15, 0.2) is 77.3 Å². The van der Waals surface area contributed by atoms with Gasteiger partial charge in [-0.3, -0.25) is 4.79 Å². The number of aromatic nitrogens is 3. The largest absolute Gasteiger partial charge is 0.497 e. The quantitative estimate of drug-likeness (QED) is 0.397. The Morgan fingerprint density at radius 1 is 1.00 bits per heavy atom. The Bertz CT molecular complexity index is 1180. The molecule has 4 aromatic rings. The molecule has 0 aliphatic heterocycles. The van der Waals surface area contributed by atoms with E-state index >= 15 is 0 Å². The number of nitrogens with one attached hydrogen (secondary N) is 1. The molecule has 0 bridgehead atoms. The first-order chi connectivity index (χ1) is 15.1. The second kappa shape index (κ2) is 9.14. The van der Waals surface area contributed by atoms with Crippen molar-refractivity contribution in [3.8, 4) is 22.8 Å². The molecule has 31 heavy (non-hydrogen) atoms. The number of benzene rings is 3. The second-order valence-electron chi connectivity index (χ2n) is 6.88. The number of amides is 1. The summed E-state index contributed by atoms with van der Waals surface area (Å²) in [6, 6.07) is 22.9. The molecule has 0 aliphatic carbocycles. The Balaban J connectivity index is 1.70. The zero-order chi connectivity index (χ0) is 21.8. The number of carbonyl (C=O) groups excluding carboxylic acids is 1. The van der Waals surface area contributed by atoms with Crippen LogP contribution in [0.25, 0.3) is 17.1 Å². The summed E-state index contributed by atoms with van der Waals surface area (Å²) in [6.45, 7) is 2.09. The number of aryl methyl sites for hydroxylation is 1. The van der Waals surface area contributed by atoms with E-state index in [1.165, 1.54) is 5.56 Å². The maximum atomic E-state index is 12.9. The number of carbonyl (C=O) groups is 1. The highest BCUT2D eigenvalue weighted by Crippen LogP contribution is 2.24. The van der Waals surface area contributed by atoms with Gasteiger partial charge in [-0.15, -0.1) is 5.10 Å². The van der Waals surface area contributed by atoms with Crippen molar-refractivity contribution in [1.29, 1.82) is 0 Å². The predicted octanol–water partition coefficient (Wildman–Crippen LogP) is 5.52. The summed E-state index contributed by atoms with van der Waals surface area (Å²) in [5.41, 5.74) is 3.53. The van der Waals surface area contributed by atoms with Gasteiger partial charge < -0.3 is 10.1 Å². The average molecular weight is 477 g/mol. The van der Waals surface area contributed by atoms with Crippen molar-refractivity contribution < 1.29 is 9.53 Å². The van der Waals surface area contributed by atoms with E-state index in [2.05, 4.69) is 38.3 Å². The summed E-state index contributed by atoms with van der Waals surface area (Å²) in [6.07, 6.45) is 0.943. The number of hydrogen-bond acceptors (Lipinski definition) is 4. The van der Waals surface area contributed by atoms with E-state index in [4.69, 9.17) is 4.74 Å². The summed E-state index contributed by atoms with van der Waals surface area (Å²) < 4.78 is 7.87. The van der Waals surface area contributed by atoms with Gasteiger partial charge in [0.05, 0.1) is 12.8 Å². The molecule has 7 heteroatoms. The van der Waals surface area contributed by atoms with Crippen LogP contribution in [0, 0.1) is 0 Å². The summed E-state index contributed by atoms with van der Waals surface area (Å²) in [5, 5.41) is 7.38. The molecule has 1 N–H and O–H groups in total. The minimum Gasteiger partial charge on any atom is -0.497 e. The van der Waals surface area contributed by atoms with Crippen LogP contribution in [-0.2, 0) is 6.42 Å². The lowest BCUT2D eigenvalue weighted by Crippen LogP contribution is -2.14. The average Bonchev–Trinajstić information content (AvgIpc) is 3.26. The summed E-state index contributed by atoms with van der Waals surface area (Å²) in [5.74, 6) is 1.04. The Hall–Kier alpha value is -3.45. The van der Waals surface area contributed by atoms with E-state index in [1.807, 2.05) is 72.8 Å². The first-order valence-electron chi connectivity index (χ1n) is 9.85. The Labute approximate surface area is 189 Å². The molecule has 1 aromatic heterocycles. The molecule has 0 saturated carbocycles. The molecule has 156 valence electrons. The van der Waals surface area contributed by atoms with Crippen molar-refractivity contribution >= 4 is 27.5 Å². The number of anilines is 1. The lowest BCUT2D eigenvalue weighted by Gasteiger charge is -2.07. The highest BCUT2D eigenvalue weighted by molar-refractivity contribution is 9.10. The summed E-state index contributed by atoms with van der Waals surface area (Å²) in [7, 11) is 1.62. The Morgan fingerprint density at radius 3 is 2.29 bits per heavy atom. The number of nitrogens with zero attached hydrogens (tertiary/aromatic N) is 3. The third kappa shape index (κ3) is 4.67. The van der Waals surface area contributed by atoms with Crippen LogP contribution in [0.4, 0.5) is 5.69 Å². The minimum absolute atomic E-state index is 0.0910. The van der Waals surface area contributed by atoms with E-state index in [0.29, 0.717) is 11.5 Å². The molecule has 6 nitrogen and oxygen atoms in total. The van der Waals surface area contributed by atoms with Crippen LogP contribution in [0.1, 0.15) is 23.1 Å². The first-order valence-corrected chi connectivity index (χ1v) is 10.6. The van der Waals surface area contributed by atoms with E-state index < -0.39 is 0 Å². The fraction of sp³-hybridized carbons (Fsp3) is 0.125. The van der Waals surface area contributed by atoms with Gasteiger partial charge in [0.15, 0.2) is 5.82 Å². The number of hydrogen-bond donors (Lipinski definition) is 1. The fourth-order valence-corrected chi connectivity index (χ4v) is 3.37. The molecule has 1 heterocycles. The van der Waals surface area contributed by atoms with E-state index in [1.54, 1.807) is 11.8 Å². The highest BCUT2D eigenvalue weighted by atomic mass is 79.9. The van der Waals surface area contributed by atoms with Gasteiger partial charge in [0, 0.05) is 15.7 Å². The zero-order valence-electron chi connectivity index (χ0n) is 17.2. The lowest BCUT2D eigenvalue weighted by molar-refractivity contribution is 0.101. The van der Waals surface area contributed by atoms with Crippen molar-refractivity contribution in [2.45, 2.75) is 13.3 Å². The number of halogens is 1. The van der Waals surface area contributed by atoms with Crippen molar-refractivity contribution in [2.75, 3.05) is 12.4 Å².